The molecule has 3 aromatic heterocycles. The minimum absolute atomic E-state index is 0.653. The van der Waals surface area contributed by atoms with Crippen LogP contribution in [-0.4, -0.2) is 26.5 Å². The Labute approximate surface area is 325 Å². The zero-order chi connectivity index (χ0) is 38.6. The normalized spacial score (nSPS) is 13.3. The van der Waals surface area contributed by atoms with Gasteiger partial charge in [-0.05, 0) is 132 Å². The molecule has 1 N–H and O–H groups in total. The number of anilines is 3. The molecule has 3 heterocycles. The molecule has 0 saturated carbocycles. The second-order valence-electron chi connectivity index (χ2n) is 14.4. The van der Waals surface area contributed by atoms with Crippen LogP contribution in [-0.2, 0) is 6.54 Å². The highest BCUT2D eigenvalue weighted by molar-refractivity contribution is 6.10. The zero-order valence-corrected chi connectivity index (χ0v) is 33.1. The third kappa shape index (κ3) is 7.81. The standard InChI is InChI=1S/C49H50N6/c1-9-33(2)13-16-38(7)53(41-11-10-12-42(25-24-41)54(43-20-14-34(3)15-21-43)48-30-51-36(5)27-35(48)4)32-39-17-22-44(23-18-39)55-47-26-19-40(50-8)29-46(47)45-28-37(6)52-31-49(45)55/h9-11,13-31,50H,7,12,32H2,1-6,8H3/b16-13-,33-9-. The van der Waals surface area contributed by atoms with Gasteiger partial charge in [0.15, 0.2) is 0 Å². The van der Waals surface area contributed by atoms with Crippen molar-refractivity contribution in [3.8, 4) is 5.69 Å². The molecule has 6 nitrogen and oxygen atoms in total. The molecule has 0 atom stereocenters. The molecule has 0 saturated heterocycles. The molecule has 0 aliphatic heterocycles. The van der Waals surface area contributed by atoms with Crippen molar-refractivity contribution in [1.29, 1.82) is 0 Å². The summed E-state index contributed by atoms with van der Waals surface area (Å²) in [5.41, 5.74) is 16.6. The number of nitrogens with zero attached hydrogens (tertiary/aromatic N) is 5. The highest BCUT2D eigenvalue weighted by atomic mass is 15.2. The van der Waals surface area contributed by atoms with Crippen LogP contribution in [0.4, 0.5) is 17.1 Å². The Morgan fingerprint density at radius 2 is 1.56 bits per heavy atom. The van der Waals surface area contributed by atoms with Crippen LogP contribution >= 0.6 is 0 Å². The number of pyridine rings is 2. The number of hydrogen-bond donors (Lipinski definition) is 1. The van der Waals surface area contributed by atoms with Crippen LogP contribution in [0.15, 0.2) is 163 Å². The Balaban J connectivity index is 1.26. The number of nitrogens with one attached hydrogen (secondary N) is 1. The van der Waals surface area contributed by atoms with Gasteiger partial charge in [0, 0.05) is 76.3 Å². The third-order valence-corrected chi connectivity index (χ3v) is 10.4. The fourth-order valence-electron chi connectivity index (χ4n) is 7.19. The largest absolute Gasteiger partial charge is 0.388 e. The van der Waals surface area contributed by atoms with Gasteiger partial charge < -0.3 is 19.7 Å². The quantitative estimate of drug-likeness (QED) is 0.135. The maximum atomic E-state index is 4.70. The van der Waals surface area contributed by atoms with Gasteiger partial charge in [-0.1, -0.05) is 60.2 Å². The van der Waals surface area contributed by atoms with Gasteiger partial charge in [-0.25, -0.2) is 0 Å². The Morgan fingerprint density at radius 1 is 0.836 bits per heavy atom. The minimum Gasteiger partial charge on any atom is -0.388 e. The SMILES string of the molecule is C=C(/C=C\C(C)=C/C)N(Cc1ccc(-n2c3ccc(NC)cc3c3cc(C)ncc32)cc1)C1=CC=C(N(c2ccc(C)cc2)c2cnc(C)cc2C)CC=C1. The molecule has 0 fully saturated rings. The molecule has 0 bridgehead atoms. The minimum atomic E-state index is 0.653. The third-order valence-electron chi connectivity index (χ3n) is 10.4. The number of aromatic nitrogens is 3. The molecule has 3 aromatic carbocycles. The lowest BCUT2D eigenvalue weighted by Gasteiger charge is -2.28. The van der Waals surface area contributed by atoms with Crippen LogP contribution in [0.2, 0.25) is 0 Å². The summed E-state index contributed by atoms with van der Waals surface area (Å²) in [6.07, 6.45) is 20.0. The first-order chi connectivity index (χ1) is 26.6. The number of aryl methyl sites for hydroxylation is 4. The Bertz CT molecular complexity index is 2540. The van der Waals surface area contributed by atoms with E-state index in [4.69, 9.17) is 4.98 Å². The van der Waals surface area contributed by atoms with Gasteiger partial charge >= 0.3 is 0 Å². The van der Waals surface area contributed by atoms with Crippen molar-refractivity contribution < 1.29 is 0 Å². The van der Waals surface area contributed by atoms with Crippen molar-refractivity contribution in [1.82, 2.24) is 19.4 Å². The lowest BCUT2D eigenvalue weighted by Crippen LogP contribution is -2.20. The van der Waals surface area contributed by atoms with Crippen LogP contribution in [0.3, 0.4) is 0 Å². The first-order valence-corrected chi connectivity index (χ1v) is 19.0. The van der Waals surface area contributed by atoms with E-state index in [1.165, 1.54) is 33.0 Å². The fraction of sp³-hybridized carbons (Fsp3) is 0.184. The molecule has 0 amide bonds. The van der Waals surface area contributed by atoms with E-state index < -0.39 is 0 Å². The molecule has 55 heavy (non-hydrogen) atoms. The van der Waals surface area contributed by atoms with Crippen LogP contribution in [0.25, 0.3) is 27.5 Å². The van der Waals surface area contributed by atoms with E-state index in [0.29, 0.717) is 6.54 Å². The van der Waals surface area contributed by atoms with Crippen molar-refractivity contribution in [2.75, 3.05) is 17.3 Å². The predicted molar refractivity (Wildman–Crippen MR) is 233 cm³/mol. The summed E-state index contributed by atoms with van der Waals surface area (Å²) in [7, 11) is 1.96. The molecule has 6 heteroatoms. The summed E-state index contributed by atoms with van der Waals surface area (Å²) < 4.78 is 2.31. The van der Waals surface area contributed by atoms with Gasteiger partial charge in [0.2, 0.25) is 0 Å². The van der Waals surface area contributed by atoms with E-state index in [9.17, 15) is 0 Å². The molecule has 1 aliphatic carbocycles. The molecule has 1 aliphatic rings. The van der Waals surface area contributed by atoms with Crippen molar-refractivity contribution in [3.63, 3.8) is 0 Å². The van der Waals surface area contributed by atoms with Gasteiger partial charge in [-0.15, -0.1) is 0 Å². The molecular formula is C49H50N6. The highest BCUT2D eigenvalue weighted by Crippen LogP contribution is 2.36. The summed E-state index contributed by atoms with van der Waals surface area (Å²) in [5.74, 6) is 0. The average Bonchev–Trinajstić information content (AvgIpc) is 3.31. The van der Waals surface area contributed by atoms with Crippen molar-refractivity contribution in [2.24, 2.45) is 0 Å². The smallest absolute Gasteiger partial charge is 0.0724 e. The summed E-state index contributed by atoms with van der Waals surface area (Å²) in [5, 5.41) is 5.70. The molecule has 0 unspecified atom stereocenters. The van der Waals surface area contributed by atoms with Gasteiger partial charge in [0.05, 0.1) is 29.1 Å². The molecule has 276 valence electrons. The Hall–Kier alpha value is -6.40. The maximum Gasteiger partial charge on any atom is 0.0724 e. The second kappa shape index (κ2) is 15.9. The summed E-state index contributed by atoms with van der Waals surface area (Å²) in [4.78, 5) is 14.0. The van der Waals surface area contributed by atoms with Crippen molar-refractivity contribution in [3.05, 3.63) is 191 Å². The number of hydrogen-bond acceptors (Lipinski definition) is 5. The van der Waals surface area contributed by atoms with E-state index in [0.717, 1.165) is 68.7 Å². The monoisotopic (exact) mass is 722 g/mol. The van der Waals surface area contributed by atoms with Gasteiger partial charge in [0.25, 0.3) is 0 Å². The number of allylic oxidation sites excluding steroid dienone is 8. The summed E-state index contributed by atoms with van der Waals surface area (Å²) in [6.45, 7) is 17.8. The van der Waals surface area contributed by atoms with Gasteiger partial charge in [0.1, 0.15) is 0 Å². The van der Waals surface area contributed by atoms with Crippen LogP contribution in [0.5, 0.6) is 0 Å². The molecule has 0 spiro atoms. The maximum absolute atomic E-state index is 4.70. The first-order valence-electron chi connectivity index (χ1n) is 19.0. The van der Waals surface area contributed by atoms with Gasteiger partial charge in [-0.3, -0.25) is 9.97 Å². The van der Waals surface area contributed by atoms with Crippen molar-refractivity contribution in [2.45, 2.75) is 54.5 Å². The molecule has 7 rings (SSSR count). The van der Waals surface area contributed by atoms with E-state index in [2.05, 4.69) is 180 Å². The van der Waals surface area contributed by atoms with Crippen LogP contribution in [0.1, 0.15) is 48.3 Å². The van der Waals surface area contributed by atoms with E-state index in [1.807, 2.05) is 33.3 Å². The summed E-state index contributed by atoms with van der Waals surface area (Å²) in [6, 6.07) is 28.5. The molecule has 6 aromatic rings. The molecular weight excluding hydrogens is 673 g/mol. The zero-order valence-electron chi connectivity index (χ0n) is 33.1. The van der Waals surface area contributed by atoms with E-state index >= 15 is 0 Å². The first kappa shape index (κ1) is 36.9. The fourth-order valence-corrected chi connectivity index (χ4v) is 7.19. The lowest BCUT2D eigenvalue weighted by molar-refractivity contribution is 0.448. The summed E-state index contributed by atoms with van der Waals surface area (Å²) >= 11 is 0. The molecule has 0 radical (unpaired) electrons. The number of rotatable bonds is 11. The predicted octanol–water partition coefficient (Wildman–Crippen LogP) is 12.3. The van der Waals surface area contributed by atoms with Crippen molar-refractivity contribution >= 4 is 38.9 Å². The second-order valence-corrected chi connectivity index (χ2v) is 14.4. The highest BCUT2D eigenvalue weighted by Gasteiger charge is 2.20. The lowest BCUT2D eigenvalue weighted by atomic mass is 10.1. The van der Waals surface area contributed by atoms with Crippen LogP contribution in [0, 0.1) is 27.7 Å². The van der Waals surface area contributed by atoms with Crippen LogP contribution < -0.4 is 10.2 Å². The van der Waals surface area contributed by atoms with E-state index in [1.54, 1.807) is 0 Å². The number of fused-ring (bicyclic) bond motifs is 3. The van der Waals surface area contributed by atoms with Gasteiger partial charge in [-0.2, -0.15) is 0 Å². The number of benzene rings is 3. The Kier molecular flexibility index (Phi) is 10.7. The topological polar surface area (TPSA) is 49.2 Å². The average molecular weight is 723 g/mol. The Morgan fingerprint density at radius 3 is 2.29 bits per heavy atom. The van der Waals surface area contributed by atoms with E-state index in [-0.39, 0.29) is 0 Å².